The van der Waals surface area contributed by atoms with Gasteiger partial charge in [0.2, 0.25) is 0 Å². The van der Waals surface area contributed by atoms with E-state index in [9.17, 15) is 9.59 Å². The van der Waals surface area contributed by atoms with Gasteiger partial charge in [-0.1, -0.05) is 42.0 Å². The molecule has 2 aliphatic rings. The minimum Gasteiger partial charge on any atom is -0.372 e. The smallest absolute Gasteiger partial charge is 0.282 e. The molecule has 30 heavy (non-hydrogen) atoms. The molecule has 0 spiro atoms. The number of morpholine rings is 1. The predicted octanol–water partition coefficient (Wildman–Crippen LogP) is 4.01. The second kappa shape index (κ2) is 7.73. The van der Waals surface area contributed by atoms with E-state index in [1.807, 2.05) is 75.9 Å². The molecular formula is C25H28N2O3. The number of rotatable bonds is 3. The number of amides is 2. The molecule has 2 unspecified atom stereocenters. The van der Waals surface area contributed by atoms with Crippen molar-refractivity contribution in [3.63, 3.8) is 0 Å². The normalized spacial score (nSPS) is 22.3. The Morgan fingerprint density at radius 2 is 1.53 bits per heavy atom. The number of benzene rings is 2. The van der Waals surface area contributed by atoms with Crippen LogP contribution in [0, 0.1) is 20.8 Å². The highest BCUT2D eigenvalue weighted by molar-refractivity contribution is 6.45. The maximum absolute atomic E-state index is 13.7. The van der Waals surface area contributed by atoms with E-state index in [0.29, 0.717) is 30.0 Å². The van der Waals surface area contributed by atoms with E-state index in [2.05, 4.69) is 6.07 Å². The summed E-state index contributed by atoms with van der Waals surface area (Å²) in [6.45, 7) is 11.1. The van der Waals surface area contributed by atoms with Crippen LogP contribution in [0.25, 0.3) is 5.57 Å². The number of carbonyl (C=O) groups is 2. The van der Waals surface area contributed by atoms with E-state index in [1.54, 1.807) is 0 Å². The Kier molecular flexibility index (Phi) is 5.24. The van der Waals surface area contributed by atoms with E-state index >= 15 is 0 Å². The molecule has 5 nitrogen and oxygen atoms in total. The Balaban J connectivity index is 1.89. The first-order valence-corrected chi connectivity index (χ1v) is 10.4. The van der Waals surface area contributed by atoms with Crippen LogP contribution < -0.4 is 4.90 Å². The summed E-state index contributed by atoms with van der Waals surface area (Å²) >= 11 is 0. The number of imide groups is 1. The molecule has 0 N–H and O–H groups in total. The number of anilines is 1. The van der Waals surface area contributed by atoms with Crippen LogP contribution in [0.15, 0.2) is 48.2 Å². The SMILES string of the molecule is Cc1ccc(C2=C(N3CC(C)OC(C)C3)C(=O)N(c3ccccc3C)C2=O)c(C)c1. The summed E-state index contributed by atoms with van der Waals surface area (Å²) in [5, 5.41) is 0. The van der Waals surface area contributed by atoms with E-state index in [0.717, 1.165) is 22.3 Å². The highest BCUT2D eigenvalue weighted by Gasteiger charge is 2.44. The van der Waals surface area contributed by atoms with Gasteiger partial charge in [0.15, 0.2) is 0 Å². The van der Waals surface area contributed by atoms with Gasteiger partial charge < -0.3 is 9.64 Å². The third-order valence-electron chi connectivity index (χ3n) is 5.80. The molecule has 2 amide bonds. The van der Waals surface area contributed by atoms with Crippen molar-refractivity contribution < 1.29 is 14.3 Å². The molecule has 0 aliphatic carbocycles. The van der Waals surface area contributed by atoms with Crippen LogP contribution in [0.4, 0.5) is 5.69 Å². The Labute approximate surface area is 177 Å². The van der Waals surface area contributed by atoms with Crippen molar-refractivity contribution in [3.8, 4) is 0 Å². The number of nitrogens with zero attached hydrogens (tertiary/aromatic N) is 2. The molecule has 2 aromatic rings. The summed E-state index contributed by atoms with van der Waals surface area (Å²) in [5.41, 5.74) is 5.43. The van der Waals surface area contributed by atoms with Gasteiger partial charge in [0.1, 0.15) is 5.70 Å². The van der Waals surface area contributed by atoms with Crippen LogP contribution in [0.1, 0.15) is 36.1 Å². The standard InChI is InChI=1S/C25H28N2O3/c1-15-10-11-20(17(3)12-15)22-23(26-13-18(4)30-19(5)14-26)25(29)27(24(22)28)21-9-7-6-8-16(21)2/h6-12,18-19H,13-14H2,1-5H3. The molecule has 0 bridgehead atoms. The Morgan fingerprint density at radius 3 is 2.17 bits per heavy atom. The zero-order valence-electron chi connectivity index (χ0n) is 18.2. The second-order valence-electron chi connectivity index (χ2n) is 8.44. The first-order chi connectivity index (χ1) is 14.3. The first kappa shape index (κ1) is 20.4. The van der Waals surface area contributed by atoms with Crippen LogP contribution in [0.3, 0.4) is 0 Å². The van der Waals surface area contributed by atoms with Crippen molar-refractivity contribution in [1.29, 1.82) is 0 Å². The minimum absolute atomic E-state index is 0.0166. The van der Waals surface area contributed by atoms with E-state index in [-0.39, 0.29) is 24.0 Å². The van der Waals surface area contributed by atoms with Gasteiger partial charge in [0, 0.05) is 13.1 Å². The van der Waals surface area contributed by atoms with Gasteiger partial charge in [-0.2, -0.15) is 0 Å². The molecule has 1 saturated heterocycles. The number of para-hydroxylation sites is 1. The third kappa shape index (κ3) is 3.43. The van der Waals surface area contributed by atoms with E-state index < -0.39 is 0 Å². The molecule has 0 radical (unpaired) electrons. The first-order valence-electron chi connectivity index (χ1n) is 10.4. The summed E-state index contributed by atoms with van der Waals surface area (Å²) in [4.78, 5) is 30.8. The Hall–Kier alpha value is -2.92. The maximum atomic E-state index is 13.7. The zero-order valence-corrected chi connectivity index (χ0v) is 18.2. The number of aryl methyl sites for hydroxylation is 3. The van der Waals surface area contributed by atoms with Crippen molar-refractivity contribution in [3.05, 3.63) is 70.4 Å². The lowest BCUT2D eigenvalue weighted by Gasteiger charge is -2.37. The van der Waals surface area contributed by atoms with Gasteiger partial charge in [-0.15, -0.1) is 0 Å². The summed E-state index contributed by atoms with van der Waals surface area (Å²) < 4.78 is 5.87. The molecule has 1 fully saturated rings. The maximum Gasteiger partial charge on any atom is 0.282 e. The largest absolute Gasteiger partial charge is 0.372 e. The van der Waals surface area contributed by atoms with Crippen molar-refractivity contribution >= 4 is 23.1 Å². The topological polar surface area (TPSA) is 49.9 Å². The van der Waals surface area contributed by atoms with Crippen LogP contribution in [-0.2, 0) is 14.3 Å². The molecule has 2 heterocycles. The lowest BCUT2D eigenvalue weighted by molar-refractivity contribution is -0.121. The lowest BCUT2D eigenvalue weighted by Crippen LogP contribution is -2.47. The summed E-state index contributed by atoms with van der Waals surface area (Å²) in [5.74, 6) is -0.520. The minimum atomic E-state index is -0.261. The van der Waals surface area contributed by atoms with Gasteiger partial charge in [0.05, 0.1) is 23.5 Å². The van der Waals surface area contributed by atoms with Crippen LogP contribution in [0.5, 0.6) is 0 Å². The van der Waals surface area contributed by atoms with E-state index in [1.165, 1.54) is 4.90 Å². The van der Waals surface area contributed by atoms with Crippen molar-refractivity contribution in [2.24, 2.45) is 0 Å². The molecule has 156 valence electrons. The fourth-order valence-corrected chi connectivity index (χ4v) is 4.54. The summed E-state index contributed by atoms with van der Waals surface area (Å²) in [6, 6.07) is 13.5. The van der Waals surface area contributed by atoms with Crippen molar-refractivity contribution in [1.82, 2.24) is 4.90 Å². The number of hydrogen-bond donors (Lipinski definition) is 0. The van der Waals surface area contributed by atoms with Gasteiger partial charge in [-0.3, -0.25) is 9.59 Å². The van der Waals surface area contributed by atoms with Crippen LogP contribution >= 0.6 is 0 Å². The molecule has 0 aromatic heterocycles. The number of hydrogen-bond acceptors (Lipinski definition) is 4. The second-order valence-corrected chi connectivity index (χ2v) is 8.44. The Morgan fingerprint density at radius 1 is 0.867 bits per heavy atom. The zero-order chi connectivity index (χ0) is 21.6. The van der Waals surface area contributed by atoms with Gasteiger partial charge >= 0.3 is 0 Å². The van der Waals surface area contributed by atoms with Crippen molar-refractivity contribution in [2.75, 3.05) is 18.0 Å². The van der Waals surface area contributed by atoms with E-state index in [4.69, 9.17) is 4.74 Å². The molecule has 5 heteroatoms. The molecule has 2 aromatic carbocycles. The monoisotopic (exact) mass is 404 g/mol. The average molecular weight is 405 g/mol. The fourth-order valence-electron chi connectivity index (χ4n) is 4.54. The van der Waals surface area contributed by atoms with Crippen molar-refractivity contribution in [2.45, 2.75) is 46.8 Å². The summed E-state index contributed by atoms with van der Waals surface area (Å²) in [6.07, 6.45) is -0.0333. The van der Waals surface area contributed by atoms with Gasteiger partial charge in [0.25, 0.3) is 11.8 Å². The third-order valence-corrected chi connectivity index (χ3v) is 5.80. The number of ether oxygens (including phenoxy) is 1. The van der Waals surface area contributed by atoms with Crippen LogP contribution in [-0.4, -0.2) is 42.0 Å². The Bertz CT molecular complexity index is 1050. The highest BCUT2D eigenvalue weighted by atomic mass is 16.5. The van der Waals surface area contributed by atoms with Crippen LogP contribution in [0.2, 0.25) is 0 Å². The number of carbonyl (C=O) groups excluding carboxylic acids is 2. The lowest BCUT2D eigenvalue weighted by atomic mass is 9.97. The summed E-state index contributed by atoms with van der Waals surface area (Å²) in [7, 11) is 0. The quantitative estimate of drug-likeness (QED) is 0.726. The fraction of sp³-hybridized carbons (Fsp3) is 0.360. The van der Waals surface area contributed by atoms with Gasteiger partial charge in [-0.05, 0) is 57.4 Å². The molecule has 2 aliphatic heterocycles. The molecular weight excluding hydrogens is 376 g/mol. The molecule has 2 atom stereocenters. The highest BCUT2D eigenvalue weighted by Crippen LogP contribution is 2.38. The average Bonchev–Trinajstić information content (AvgIpc) is 2.92. The molecule has 4 rings (SSSR count). The molecule has 0 saturated carbocycles. The predicted molar refractivity (Wildman–Crippen MR) is 118 cm³/mol. The van der Waals surface area contributed by atoms with Gasteiger partial charge in [-0.25, -0.2) is 4.90 Å².